The first-order chi connectivity index (χ1) is 8.56. The lowest BCUT2D eigenvalue weighted by molar-refractivity contribution is 0.439. The van der Waals surface area contributed by atoms with E-state index in [9.17, 15) is 10.2 Å². The van der Waals surface area contributed by atoms with E-state index in [4.69, 9.17) is 0 Å². The molecule has 96 valence electrons. The molecule has 0 aliphatic heterocycles. The molecular weight excluding hydrogens is 234 g/mol. The van der Waals surface area contributed by atoms with Crippen molar-refractivity contribution in [2.75, 3.05) is 0 Å². The maximum Gasteiger partial charge on any atom is 0.191 e. The first-order valence-electron chi connectivity index (χ1n) is 5.58. The van der Waals surface area contributed by atoms with E-state index in [1.54, 1.807) is 12.1 Å². The van der Waals surface area contributed by atoms with Gasteiger partial charge in [-0.15, -0.1) is 10.2 Å². The summed E-state index contributed by atoms with van der Waals surface area (Å²) in [5.41, 5.74) is 0.780. The largest absolute Gasteiger partial charge is 0.508 e. The van der Waals surface area contributed by atoms with Gasteiger partial charge >= 0.3 is 0 Å². The van der Waals surface area contributed by atoms with Crippen LogP contribution in [-0.2, 0) is 0 Å². The number of nitrogens with one attached hydrogen (secondary N) is 2. The lowest BCUT2D eigenvalue weighted by Crippen LogP contribution is -2.23. The molecule has 0 fully saturated rings. The highest BCUT2D eigenvalue weighted by atomic mass is 16.3. The molecule has 0 spiro atoms. The quantitative estimate of drug-likeness (QED) is 0.644. The second kappa shape index (κ2) is 5.01. The van der Waals surface area contributed by atoms with Crippen LogP contribution in [0.3, 0.4) is 0 Å². The van der Waals surface area contributed by atoms with Crippen molar-refractivity contribution >= 4 is 0 Å². The summed E-state index contributed by atoms with van der Waals surface area (Å²) in [7, 11) is 0. The van der Waals surface area contributed by atoms with E-state index in [1.165, 1.54) is 6.07 Å². The molecule has 0 aliphatic rings. The van der Waals surface area contributed by atoms with Crippen LogP contribution >= 0.6 is 0 Å². The Labute approximate surface area is 104 Å². The first-order valence-corrected chi connectivity index (χ1v) is 5.58. The van der Waals surface area contributed by atoms with Crippen LogP contribution in [0.2, 0.25) is 0 Å². The lowest BCUT2D eigenvalue weighted by atomic mass is 10.1. The monoisotopic (exact) mass is 249 g/mol. The van der Waals surface area contributed by atoms with Crippen molar-refractivity contribution in [2.24, 2.45) is 0 Å². The maximum atomic E-state index is 9.43. The molecule has 2 atom stereocenters. The highest BCUT2D eigenvalue weighted by molar-refractivity contribution is 5.38. The third-order valence-electron chi connectivity index (χ3n) is 2.67. The summed E-state index contributed by atoms with van der Waals surface area (Å²) in [6, 6.07) is 4.32. The van der Waals surface area contributed by atoms with E-state index >= 15 is 0 Å². The minimum Gasteiger partial charge on any atom is -0.508 e. The van der Waals surface area contributed by atoms with Gasteiger partial charge < -0.3 is 15.5 Å². The highest BCUT2D eigenvalue weighted by Crippen LogP contribution is 2.25. The number of aromatic hydroxyl groups is 2. The molecule has 2 unspecified atom stereocenters. The van der Waals surface area contributed by atoms with E-state index in [-0.39, 0.29) is 23.6 Å². The zero-order valence-corrected chi connectivity index (χ0v) is 10.1. The molecule has 2 aromatic rings. The van der Waals surface area contributed by atoms with Gasteiger partial charge in [-0.1, -0.05) is 5.21 Å². The number of aromatic amines is 1. The van der Waals surface area contributed by atoms with Crippen LogP contribution in [0.25, 0.3) is 0 Å². The molecule has 0 amide bonds. The number of benzene rings is 1. The van der Waals surface area contributed by atoms with Gasteiger partial charge in [0.2, 0.25) is 0 Å². The summed E-state index contributed by atoms with van der Waals surface area (Å²) in [6.07, 6.45) is 0. The molecule has 7 nitrogen and oxygen atoms in total. The molecule has 18 heavy (non-hydrogen) atoms. The smallest absolute Gasteiger partial charge is 0.191 e. The van der Waals surface area contributed by atoms with Crippen molar-refractivity contribution in [3.05, 3.63) is 29.6 Å². The standard InChI is InChI=1S/C11H15N5O2/c1-6(8-3-9(17)5-10(18)4-8)12-7(2)11-13-15-16-14-11/h3-7,12,17-18H,1-2H3,(H,13,14,15,16). The Morgan fingerprint density at radius 2 is 1.78 bits per heavy atom. The Hall–Kier alpha value is -2.15. The normalized spacial score (nSPS) is 14.3. The molecule has 1 aromatic heterocycles. The predicted octanol–water partition coefficient (Wildman–Crippen LogP) is 1.02. The molecule has 0 aliphatic carbocycles. The minimum absolute atomic E-state index is 0.0332. The van der Waals surface area contributed by atoms with Gasteiger partial charge in [-0.05, 0) is 31.5 Å². The topological polar surface area (TPSA) is 107 Å². The summed E-state index contributed by atoms with van der Waals surface area (Å²) >= 11 is 0. The van der Waals surface area contributed by atoms with E-state index in [1.807, 2.05) is 13.8 Å². The third kappa shape index (κ3) is 2.75. The summed E-state index contributed by atoms with van der Waals surface area (Å²) < 4.78 is 0. The zero-order valence-electron chi connectivity index (χ0n) is 10.1. The van der Waals surface area contributed by atoms with Crippen LogP contribution in [0.15, 0.2) is 18.2 Å². The summed E-state index contributed by atoms with van der Waals surface area (Å²) in [5.74, 6) is 0.628. The zero-order chi connectivity index (χ0) is 13.1. The number of H-pyrrole nitrogens is 1. The molecule has 0 saturated carbocycles. The number of aromatic nitrogens is 4. The van der Waals surface area contributed by atoms with E-state index < -0.39 is 0 Å². The van der Waals surface area contributed by atoms with Gasteiger partial charge in [0.1, 0.15) is 11.5 Å². The molecule has 1 heterocycles. The average Bonchev–Trinajstić information content (AvgIpc) is 2.80. The van der Waals surface area contributed by atoms with Crippen molar-refractivity contribution in [3.63, 3.8) is 0 Å². The van der Waals surface area contributed by atoms with Crippen LogP contribution in [0, 0.1) is 0 Å². The Kier molecular flexibility index (Phi) is 3.42. The molecule has 4 N–H and O–H groups in total. The Balaban J connectivity index is 2.09. The number of phenolic OH excluding ortho intramolecular Hbond substituents is 2. The average molecular weight is 249 g/mol. The maximum absolute atomic E-state index is 9.43. The van der Waals surface area contributed by atoms with Crippen LogP contribution < -0.4 is 5.32 Å². The minimum atomic E-state index is -0.0942. The SMILES string of the molecule is CC(NC(C)c1nn[nH]n1)c1cc(O)cc(O)c1. The number of nitrogens with zero attached hydrogens (tertiary/aromatic N) is 3. The van der Waals surface area contributed by atoms with Crippen LogP contribution in [0.4, 0.5) is 0 Å². The fourth-order valence-corrected chi connectivity index (χ4v) is 1.77. The molecule has 7 heteroatoms. The second-order valence-electron chi connectivity index (χ2n) is 4.16. The number of hydrogen-bond donors (Lipinski definition) is 4. The van der Waals surface area contributed by atoms with Gasteiger partial charge in [-0.2, -0.15) is 5.21 Å². The summed E-state index contributed by atoms with van der Waals surface area (Å²) in [6.45, 7) is 3.83. The number of tetrazole rings is 1. The van der Waals surface area contributed by atoms with E-state index in [0.717, 1.165) is 5.56 Å². The fraction of sp³-hybridized carbons (Fsp3) is 0.364. The molecule has 0 saturated heterocycles. The number of phenols is 2. The Bertz CT molecular complexity index is 494. The van der Waals surface area contributed by atoms with Crippen molar-refractivity contribution in [1.82, 2.24) is 25.9 Å². The van der Waals surface area contributed by atoms with Crippen molar-refractivity contribution in [2.45, 2.75) is 25.9 Å². The summed E-state index contributed by atoms with van der Waals surface area (Å²) in [5, 5.41) is 35.8. The van der Waals surface area contributed by atoms with E-state index in [2.05, 4.69) is 25.9 Å². The van der Waals surface area contributed by atoms with Crippen LogP contribution in [-0.4, -0.2) is 30.8 Å². The number of rotatable bonds is 4. The second-order valence-corrected chi connectivity index (χ2v) is 4.16. The van der Waals surface area contributed by atoms with Gasteiger partial charge in [-0.3, -0.25) is 0 Å². The van der Waals surface area contributed by atoms with Crippen LogP contribution in [0.5, 0.6) is 11.5 Å². The van der Waals surface area contributed by atoms with Crippen molar-refractivity contribution in [3.8, 4) is 11.5 Å². The number of hydrogen-bond acceptors (Lipinski definition) is 6. The Morgan fingerprint density at radius 1 is 1.11 bits per heavy atom. The molecule has 0 radical (unpaired) electrons. The first kappa shape index (κ1) is 12.3. The summed E-state index contributed by atoms with van der Waals surface area (Å²) in [4.78, 5) is 0. The third-order valence-corrected chi connectivity index (χ3v) is 2.67. The van der Waals surface area contributed by atoms with Gasteiger partial charge in [0, 0.05) is 12.1 Å². The lowest BCUT2D eigenvalue weighted by Gasteiger charge is -2.18. The van der Waals surface area contributed by atoms with Gasteiger partial charge in [0.05, 0.1) is 6.04 Å². The van der Waals surface area contributed by atoms with Crippen molar-refractivity contribution in [1.29, 1.82) is 0 Å². The predicted molar refractivity (Wildman–Crippen MR) is 63.9 cm³/mol. The van der Waals surface area contributed by atoms with Crippen molar-refractivity contribution < 1.29 is 10.2 Å². The molecule has 2 rings (SSSR count). The van der Waals surface area contributed by atoms with Crippen LogP contribution in [0.1, 0.15) is 37.3 Å². The van der Waals surface area contributed by atoms with Gasteiger partial charge in [0.15, 0.2) is 5.82 Å². The highest BCUT2D eigenvalue weighted by Gasteiger charge is 2.15. The molecule has 0 bridgehead atoms. The van der Waals surface area contributed by atoms with Gasteiger partial charge in [-0.25, -0.2) is 0 Å². The molecule has 1 aromatic carbocycles. The molecular formula is C11H15N5O2. The van der Waals surface area contributed by atoms with E-state index in [0.29, 0.717) is 5.82 Å². The fourth-order valence-electron chi connectivity index (χ4n) is 1.77. The van der Waals surface area contributed by atoms with Gasteiger partial charge in [0.25, 0.3) is 0 Å². The Morgan fingerprint density at radius 3 is 2.33 bits per heavy atom.